The van der Waals surface area contributed by atoms with Gasteiger partial charge in [-0.1, -0.05) is 5.16 Å². The van der Waals surface area contributed by atoms with E-state index in [4.69, 9.17) is 20.8 Å². The molecule has 0 amide bonds. The van der Waals surface area contributed by atoms with Crippen LogP contribution < -0.4 is 5.73 Å². The number of nitrogens with zero attached hydrogens (tertiary/aromatic N) is 2. The fourth-order valence-electron chi connectivity index (χ4n) is 1.53. The lowest BCUT2D eigenvalue weighted by Gasteiger charge is -2.31. The van der Waals surface area contributed by atoms with Crippen molar-refractivity contribution < 1.29 is 15.1 Å². The summed E-state index contributed by atoms with van der Waals surface area (Å²) >= 11 is 0. The zero-order valence-electron chi connectivity index (χ0n) is 8.09. The summed E-state index contributed by atoms with van der Waals surface area (Å²) in [5, 5.41) is 20.0. The first-order valence-electron chi connectivity index (χ1n) is 4.73. The second kappa shape index (κ2) is 5.66. The monoisotopic (exact) mass is 203 g/mol. The highest BCUT2D eigenvalue weighted by atomic mass is 16.5. The van der Waals surface area contributed by atoms with Gasteiger partial charge in [0.25, 0.3) is 0 Å². The quantitative estimate of drug-likeness (QED) is 0.241. The largest absolute Gasteiger partial charge is 0.408 e. The zero-order valence-corrected chi connectivity index (χ0v) is 8.09. The fourth-order valence-corrected chi connectivity index (χ4v) is 1.53. The van der Waals surface area contributed by atoms with E-state index in [1.807, 2.05) is 0 Å². The lowest BCUT2D eigenvalue weighted by Crippen LogP contribution is -2.44. The second-order valence-corrected chi connectivity index (χ2v) is 3.24. The van der Waals surface area contributed by atoms with Crippen molar-refractivity contribution in [3.63, 3.8) is 0 Å². The molecule has 0 aromatic carbocycles. The molecule has 6 heteroatoms. The number of piperidine rings is 1. The number of aliphatic hydroxyl groups is 1. The van der Waals surface area contributed by atoms with Gasteiger partial charge in [0, 0.05) is 13.1 Å². The van der Waals surface area contributed by atoms with E-state index in [0.717, 1.165) is 25.9 Å². The molecule has 1 fully saturated rings. The van der Waals surface area contributed by atoms with E-state index in [0.29, 0.717) is 6.61 Å². The van der Waals surface area contributed by atoms with E-state index < -0.39 is 0 Å². The number of hydrogen-bond acceptors (Lipinski definition) is 4. The molecule has 1 aliphatic rings. The molecule has 0 unspecified atom stereocenters. The summed E-state index contributed by atoms with van der Waals surface area (Å²) in [5.74, 6) is 0.158. The molecule has 0 spiro atoms. The van der Waals surface area contributed by atoms with Crippen LogP contribution in [0.2, 0.25) is 0 Å². The molecular formula is C8H17N3O3. The smallest absolute Gasteiger partial charge is 0.233 e. The highest BCUT2D eigenvalue weighted by Crippen LogP contribution is 2.12. The van der Waals surface area contributed by atoms with Crippen LogP contribution in [0.15, 0.2) is 5.16 Å². The molecule has 0 saturated carbocycles. The topological polar surface area (TPSA) is 91.3 Å². The van der Waals surface area contributed by atoms with E-state index in [1.165, 1.54) is 0 Å². The first-order chi connectivity index (χ1) is 6.77. The molecule has 6 nitrogen and oxygen atoms in total. The molecule has 0 aliphatic carbocycles. The van der Waals surface area contributed by atoms with Gasteiger partial charge in [0.1, 0.15) is 0 Å². The van der Waals surface area contributed by atoms with Crippen molar-refractivity contribution in [2.24, 2.45) is 10.9 Å². The van der Waals surface area contributed by atoms with Gasteiger partial charge in [0.05, 0.1) is 19.3 Å². The van der Waals surface area contributed by atoms with Crippen LogP contribution in [0, 0.1) is 0 Å². The maximum absolute atomic E-state index is 8.57. The van der Waals surface area contributed by atoms with Gasteiger partial charge in [-0.15, -0.1) is 0 Å². The normalized spacial score (nSPS) is 20.1. The number of ether oxygens (including phenoxy) is 1. The Morgan fingerprint density at radius 3 is 2.64 bits per heavy atom. The minimum Gasteiger partial charge on any atom is -0.408 e. The van der Waals surface area contributed by atoms with E-state index in [9.17, 15) is 0 Å². The third kappa shape index (κ3) is 3.04. The maximum Gasteiger partial charge on any atom is 0.233 e. The molecule has 1 aliphatic heterocycles. The first kappa shape index (κ1) is 11.1. The highest BCUT2D eigenvalue weighted by Gasteiger charge is 2.20. The van der Waals surface area contributed by atoms with Crippen LogP contribution in [-0.4, -0.2) is 53.6 Å². The molecule has 0 bridgehead atoms. The third-order valence-corrected chi connectivity index (χ3v) is 2.31. The summed E-state index contributed by atoms with van der Waals surface area (Å²) in [7, 11) is 0. The number of guanidine groups is 1. The molecule has 82 valence electrons. The van der Waals surface area contributed by atoms with Gasteiger partial charge >= 0.3 is 0 Å². The molecule has 14 heavy (non-hydrogen) atoms. The van der Waals surface area contributed by atoms with Crippen LogP contribution in [0.5, 0.6) is 0 Å². The number of oxime groups is 1. The van der Waals surface area contributed by atoms with Crippen molar-refractivity contribution in [1.29, 1.82) is 0 Å². The van der Waals surface area contributed by atoms with Gasteiger partial charge in [-0.3, -0.25) is 0 Å². The van der Waals surface area contributed by atoms with E-state index in [2.05, 4.69) is 5.16 Å². The van der Waals surface area contributed by atoms with Crippen LogP contribution in [0.1, 0.15) is 12.8 Å². The van der Waals surface area contributed by atoms with Gasteiger partial charge in [-0.25, -0.2) is 0 Å². The average Bonchev–Trinajstić information content (AvgIpc) is 2.26. The van der Waals surface area contributed by atoms with Gasteiger partial charge in [0.15, 0.2) is 0 Å². The Bertz CT molecular complexity index is 190. The van der Waals surface area contributed by atoms with Crippen LogP contribution in [-0.2, 0) is 4.74 Å². The average molecular weight is 203 g/mol. The summed E-state index contributed by atoms with van der Waals surface area (Å²) in [6.07, 6.45) is 1.87. The van der Waals surface area contributed by atoms with Crippen molar-refractivity contribution >= 4 is 5.96 Å². The molecule has 1 saturated heterocycles. The maximum atomic E-state index is 8.57. The van der Waals surface area contributed by atoms with E-state index >= 15 is 0 Å². The van der Waals surface area contributed by atoms with Crippen molar-refractivity contribution in [3.05, 3.63) is 0 Å². The van der Waals surface area contributed by atoms with Crippen LogP contribution in [0.4, 0.5) is 0 Å². The van der Waals surface area contributed by atoms with Crippen molar-refractivity contribution in [3.8, 4) is 0 Å². The fraction of sp³-hybridized carbons (Fsp3) is 0.875. The lowest BCUT2D eigenvalue weighted by atomic mass is 10.1. The Morgan fingerprint density at radius 1 is 1.50 bits per heavy atom. The minimum absolute atomic E-state index is 0.0560. The predicted molar refractivity (Wildman–Crippen MR) is 51.0 cm³/mol. The molecule has 0 aromatic heterocycles. The molecule has 0 radical (unpaired) electrons. The highest BCUT2D eigenvalue weighted by molar-refractivity contribution is 5.77. The van der Waals surface area contributed by atoms with E-state index in [1.54, 1.807) is 4.90 Å². The van der Waals surface area contributed by atoms with Crippen LogP contribution >= 0.6 is 0 Å². The zero-order chi connectivity index (χ0) is 10.4. The Labute approximate surface area is 82.9 Å². The Kier molecular flexibility index (Phi) is 4.48. The molecular weight excluding hydrogens is 186 g/mol. The van der Waals surface area contributed by atoms with Gasteiger partial charge in [0.2, 0.25) is 5.96 Å². The lowest BCUT2D eigenvalue weighted by molar-refractivity contribution is 0.00116. The number of hydrogen-bond donors (Lipinski definition) is 3. The number of nitrogens with two attached hydrogens (primary N) is 1. The summed E-state index contributed by atoms with van der Waals surface area (Å²) in [4.78, 5) is 1.80. The van der Waals surface area contributed by atoms with Gasteiger partial charge in [-0.2, -0.15) is 0 Å². The van der Waals surface area contributed by atoms with E-state index in [-0.39, 0.29) is 18.7 Å². The van der Waals surface area contributed by atoms with Crippen molar-refractivity contribution in [2.45, 2.75) is 18.9 Å². The SMILES string of the molecule is NC(=NO)N1CCC(OCCO)CC1. The first-order valence-corrected chi connectivity index (χ1v) is 4.73. The predicted octanol–water partition coefficient (Wildman–Crippen LogP) is -0.836. The minimum atomic E-state index is 0.0560. The van der Waals surface area contributed by atoms with Crippen LogP contribution in [0.3, 0.4) is 0 Å². The molecule has 1 rings (SSSR count). The van der Waals surface area contributed by atoms with Crippen molar-refractivity contribution in [1.82, 2.24) is 4.90 Å². The summed E-state index contributed by atoms with van der Waals surface area (Å²) < 4.78 is 5.37. The van der Waals surface area contributed by atoms with Gasteiger partial charge < -0.3 is 25.7 Å². The summed E-state index contributed by atoms with van der Waals surface area (Å²) in [6.45, 7) is 1.90. The standard InChI is InChI=1S/C8H17N3O3/c9-8(10-13)11-3-1-7(2-4-11)14-6-5-12/h7,12-13H,1-6H2,(H2,9,10). The number of likely N-dealkylation sites (tertiary alicyclic amines) is 1. The second-order valence-electron chi connectivity index (χ2n) is 3.24. The summed E-state index contributed by atoms with van der Waals surface area (Å²) in [5.41, 5.74) is 5.44. The number of rotatable bonds is 3. The Morgan fingerprint density at radius 2 is 2.14 bits per heavy atom. The molecule has 0 aromatic rings. The molecule has 0 atom stereocenters. The third-order valence-electron chi connectivity index (χ3n) is 2.31. The Balaban J connectivity index is 2.24. The van der Waals surface area contributed by atoms with Crippen molar-refractivity contribution in [2.75, 3.05) is 26.3 Å². The Hall–Kier alpha value is -1.01. The molecule has 1 heterocycles. The summed E-state index contributed by atoms with van der Waals surface area (Å²) in [6, 6.07) is 0. The van der Waals surface area contributed by atoms with Gasteiger partial charge in [-0.05, 0) is 12.8 Å². The molecule has 4 N–H and O–H groups in total. The van der Waals surface area contributed by atoms with Crippen LogP contribution in [0.25, 0.3) is 0 Å². The number of aliphatic hydroxyl groups excluding tert-OH is 1.